The van der Waals surface area contributed by atoms with Gasteiger partial charge >= 0.3 is 0 Å². The minimum atomic E-state index is 1.02. The van der Waals surface area contributed by atoms with E-state index < -0.39 is 0 Å². The van der Waals surface area contributed by atoms with Gasteiger partial charge < -0.3 is 4.90 Å². The highest BCUT2D eigenvalue weighted by Gasteiger charge is 1.96. The van der Waals surface area contributed by atoms with E-state index in [4.69, 9.17) is 0 Å². The monoisotopic (exact) mass is 177 g/mol. The zero-order chi connectivity index (χ0) is 10.3. The van der Waals surface area contributed by atoms with Gasteiger partial charge in [-0.2, -0.15) is 0 Å². The lowest BCUT2D eigenvalue weighted by molar-refractivity contribution is 0.525. The Morgan fingerprint density at radius 2 is 2.08 bits per heavy atom. The van der Waals surface area contributed by atoms with Crippen LogP contribution in [0.2, 0.25) is 0 Å². The smallest absolute Gasteiger partial charge is 0.0468 e. The van der Waals surface area contributed by atoms with Crippen molar-refractivity contribution in [1.29, 1.82) is 0 Å². The largest absolute Gasteiger partial charge is 0.377 e. The van der Waals surface area contributed by atoms with Crippen LogP contribution in [-0.2, 0) is 0 Å². The molecule has 0 unspecified atom stereocenters. The van der Waals surface area contributed by atoms with Crippen LogP contribution in [0.1, 0.15) is 20.3 Å². The van der Waals surface area contributed by atoms with E-state index in [9.17, 15) is 0 Å². The van der Waals surface area contributed by atoms with Crippen LogP contribution in [-0.4, -0.2) is 19.0 Å². The molecule has 0 atom stereocenters. The standard InChI is InChI=1S/C12H19N/c1-6-8-9-10-12(13(4)5)11(3)7-2/h7-8,10H,2,6H2,1,3-5H3/b12-11+. The number of hydrogen-bond acceptors (Lipinski definition) is 1. The summed E-state index contributed by atoms with van der Waals surface area (Å²) in [5, 5.41) is 0. The molecule has 0 saturated carbocycles. The zero-order valence-electron chi connectivity index (χ0n) is 9.09. The predicted molar refractivity (Wildman–Crippen MR) is 59.5 cm³/mol. The molecule has 0 aromatic heterocycles. The van der Waals surface area contributed by atoms with Gasteiger partial charge in [-0.05, 0) is 25.0 Å². The molecule has 0 aliphatic heterocycles. The summed E-state index contributed by atoms with van der Waals surface area (Å²) in [6.45, 7) is 7.90. The first-order valence-electron chi connectivity index (χ1n) is 4.55. The normalized spacial score (nSPS) is 11.1. The van der Waals surface area contributed by atoms with Crippen LogP contribution in [0.5, 0.6) is 0 Å². The first-order valence-corrected chi connectivity index (χ1v) is 4.55. The summed E-state index contributed by atoms with van der Waals surface area (Å²) in [4.78, 5) is 2.06. The Morgan fingerprint density at radius 1 is 1.46 bits per heavy atom. The first kappa shape index (κ1) is 11.8. The molecule has 0 fully saturated rings. The minimum absolute atomic E-state index is 1.02. The fourth-order valence-electron chi connectivity index (χ4n) is 0.956. The lowest BCUT2D eigenvalue weighted by Crippen LogP contribution is -2.10. The maximum atomic E-state index is 3.75. The molecule has 0 bridgehead atoms. The Labute approximate surface area is 81.8 Å². The molecule has 1 nitrogen and oxygen atoms in total. The van der Waals surface area contributed by atoms with E-state index in [0.29, 0.717) is 0 Å². The van der Waals surface area contributed by atoms with E-state index in [0.717, 1.165) is 12.1 Å². The summed E-state index contributed by atoms with van der Waals surface area (Å²) < 4.78 is 0. The van der Waals surface area contributed by atoms with Gasteiger partial charge in [-0.25, -0.2) is 0 Å². The van der Waals surface area contributed by atoms with Crippen molar-refractivity contribution in [2.45, 2.75) is 20.3 Å². The molecule has 0 amide bonds. The molecule has 0 radical (unpaired) electrons. The van der Waals surface area contributed by atoms with Crippen molar-refractivity contribution in [2.75, 3.05) is 14.1 Å². The number of likely N-dealkylation sites (N-methyl/N-ethyl adjacent to an activating group) is 1. The summed E-state index contributed by atoms with van der Waals surface area (Å²) in [5.74, 6) is 0. The van der Waals surface area contributed by atoms with Crippen LogP contribution in [0.15, 0.2) is 41.8 Å². The molecule has 0 N–H and O–H groups in total. The lowest BCUT2D eigenvalue weighted by atomic mass is 10.2. The Kier molecular flexibility index (Phi) is 5.75. The molecule has 0 aromatic rings. The molecule has 1 heteroatoms. The molecule has 0 heterocycles. The topological polar surface area (TPSA) is 3.24 Å². The van der Waals surface area contributed by atoms with Crippen molar-refractivity contribution in [3.05, 3.63) is 41.8 Å². The van der Waals surface area contributed by atoms with Gasteiger partial charge in [-0.1, -0.05) is 19.6 Å². The Morgan fingerprint density at radius 3 is 2.46 bits per heavy atom. The Balaban J connectivity index is 4.84. The predicted octanol–water partition coefficient (Wildman–Crippen LogP) is 3.13. The highest BCUT2D eigenvalue weighted by molar-refractivity contribution is 5.29. The summed E-state index contributed by atoms with van der Waals surface area (Å²) in [5.41, 5.74) is 5.46. The van der Waals surface area contributed by atoms with E-state index in [-0.39, 0.29) is 0 Å². The Hall–Kier alpha value is -1.20. The van der Waals surface area contributed by atoms with E-state index in [1.807, 2.05) is 39.2 Å². The minimum Gasteiger partial charge on any atom is -0.377 e. The third-order valence-electron chi connectivity index (χ3n) is 1.73. The highest BCUT2D eigenvalue weighted by atomic mass is 15.1. The average molecular weight is 177 g/mol. The van der Waals surface area contributed by atoms with Crippen molar-refractivity contribution in [2.24, 2.45) is 0 Å². The van der Waals surface area contributed by atoms with Crippen LogP contribution in [0.3, 0.4) is 0 Å². The van der Waals surface area contributed by atoms with Gasteiger partial charge in [0.15, 0.2) is 0 Å². The average Bonchev–Trinajstić information content (AvgIpc) is 2.11. The van der Waals surface area contributed by atoms with Gasteiger partial charge in [0.2, 0.25) is 0 Å². The number of rotatable bonds is 4. The molecule has 0 aliphatic rings. The van der Waals surface area contributed by atoms with Crippen LogP contribution < -0.4 is 0 Å². The molecule has 72 valence electrons. The van der Waals surface area contributed by atoms with E-state index in [1.165, 1.54) is 5.57 Å². The molecule has 0 saturated heterocycles. The molecule has 13 heavy (non-hydrogen) atoms. The quantitative estimate of drug-likeness (QED) is 0.471. The Bertz CT molecular complexity index is 250. The second kappa shape index (κ2) is 6.33. The van der Waals surface area contributed by atoms with Gasteiger partial charge in [0, 0.05) is 25.9 Å². The van der Waals surface area contributed by atoms with Crippen molar-refractivity contribution < 1.29 is 0 Å². The molecular formula is C12H19N. The van der Waals surface area contributed by atoms with Gasteiger partial charge in [-0.15, -0.1) is 5.73 Å². The van der Waals surface area contributed by atoms with Crippen molar-refractivity contribution in [1.82, 2.24) is 4.90 Å². The van der Waals surface area contributed by atoms with Crippen LogP contribution in [0.25, 0.3) is 0 Å². The third-order valence-corrected chi connectivity index (χ3v) is 1.73. The summed E-state index contributed by atoms with van der Waals surface area (Å²) >= 11 is 0. The van der Waals surface area contributed by atoms with Crippen molar-refractivity contribution in [3.63, 3.8) is 0 Å². The highest BCUT2D eigenvalue weighted by Crippen LogP contribution is 2.08. The van der Waals surface area contributed by atoms with Crippen LogP contribution in [0, 0.1) is 0 Å². The van der Waals surface area contributed by atoms with Gasteiger partial charge in [0.1, 0.15) is 0 Å². The van der Waals surface area contributed by atoms with Crippen molar-refractivity contribution in [3.8, 4) is 0 Å². The molecule has 0 aliphatic carbocycles. The molecule has 0 rings (SSSR count). The fraction of sp³-hybridized carbons (Fsp3) is 0.417. The molecule has 0 spiro atoms. The third kappa shape index (κ3) is 4.39. The van der Waals surface area contributed by atoms with E-state index in [2.05, 4.69) is 24.1 Å². The van der Waals surface area contributed by atoms with Gasteiger partial charge in [0.05, 0.1) is 0 Å². The maximum absolute atomic E-state index is 3.75. The first-order chi connectivity index (χ1) is 6.13. The number of hydrogen-bond donors (Lipinski definition) is 0. The second-order valence-electron chi connectivity index (χ2n) is 3.09. The molecule has 0 aromatic carbocycles. The fourth-order valence-corrected chi connectivity index (χ4v) is 0.956. The van der Waals surface area contributed by atoms with Gasteiger partial charge in [-0.3, -0.25) is 0 Å². The zero-order valence-corrected chi connectivity index (χ0v) is 9.09. The van der Waals surface area contributed by atoms with Crippen LogP contribution >= 0.6 is 0 Å². The summed E-state index contributed by atoms with van der Waals surface area (Å²) in [7, 11) is 4.04. The van der Waals surface area contributed by atoms with Crippen LogP contribution in [0.4, 0.5) is 0 Å². The SMILES string of the molecule is C=C/C(C)=C(\C=C=CCC)N(C)C. The molecular weight excluding hydrogens is 158 g/mol. The summed E-state index contributed by atoms with van der Waals surface area (Å²) in [6, 6.07) is 0. The maximum Gasteiger partial charge on any atom is 0.0468 e. The second-order valence-corrected chi connectivity index (χ2v) is 3.09. The summed E-state index contributed by atoms with van der Waals surface area (Å²) in [6.07, 6.45) is 6.88. The van der Waals surface area contributed by atoms with E-state index >= 15 is 0 Å². The lowest BCUT2D eigenvalue weighted by Gasteiger charge is -2.14. The van der Waals surface area contributed by atoms with E-state index in [1.54, 1.807) is 0 Å². The van der Waals surface area contributed by atoms with Crippen molar-refractivity contribution >= 4 is 0 Å². The van der Waals surface area contributed by atoms with Gasteiger partial charge in [0.25, 0.3) is 0 Å². The number of nitrogens with zero attached hydrogens (tertiary/aromatic N) is 1. The number of allylic oxidation sites excluding steroid dienone is 3.